The highest BCUT2D eigenvalue weighted by Gasteiger charge is 2.30. The molecule has 0 radical (unpaired) electrons. The molecule has 30 heavy (non-hydrogen) atoms. The van der Waals surface area contributed by atoms with Crippen LogP contribution >= 0.6 is 0 Å². The average Bonchev–Trinajstić information content (AvgIpc) is 2.73. The number of nitrogens with one attached hydrogen (secondary N) is 1. The van der Waals surface area contributed by atoms with Crippen LogP contribution in [0.5, 0.6) is 5.75 Å². The van der Waals surface area contributed by atoms with Crippen molar-refractivity contribution in [2.75, 3.05) is 13.2 Å². The van der Waals surface area contributed by atoms with E-state index in [9.17, 15) is 22.8 Å². The summed E-state index contributed by atoms with van der Waals surface area (Å²) in [4.78, 5) is 24.1. The smallest absolute Gasteiger partial charge is 0.416 e. The van der Waals surface area contributed by atoms with Gasteiger partial charge in [0.05, 0.1) is 17.8 Å². The maximum Gasteiger partial charge on any atom is 0.416 e. The second-order valence-corrected chi connectivity index (χ2v) is 6.30. The summed E-state index contributed by atoms with van der Waals surface area (Å²) in [7, 11) is 0. The Labute approximate surface area is 169 Å². The van der Waals surface area contributed by atoms with Crippen molar-refractivity contribution in [1.29, 1.82) is 0 Å². The van der Waals surface area contributed by atoms with E-state index in [1.165, 1.54) is 18.2 Å². The number of hydrogen-bond donors (Lipinski definition) is 1. The summed E-state index contributed by atoms with van der Waals surface area (Å²) >= 11 is 0. The highest BCUT2D eigenvalue weighted by Crippen LogP contribution is 2.31. The molecular weight excluding hydrogens is 399 g/mol. The van der Waals surface area contributed by atoms with Crippen LogP contribution in [0.4, 0.5) is 13.2 Å². The summed E-state index contributed by atoms with van der Waals surface area (Å²) in [6, 6.07) is 16.6. The van der Waals surface area contributed by atoms with Crippen LogP contribution in [-0.2, 0) is 17.5 Å². The zero-order chi connectivity index (χ0) is 21.6. The molecule has 2 aromatic carbocycles. The predicted molar refractivity (Wildman–Crippen MR) is 104 cm³/mol. The molecule has 0 saturated carbocycles. The van der Waals surface area contributed by atoms with Crippen LogP contribution in [0.15, 0.2) is 71.5 Å². The Hall–Kier alpha value is -3.62. The number of amides is 1. The van der Waals surface area contributed by atoms with E-state index < -0.39 is 23.2 Å². The fraction of sp³-hybridized carbons (Fsp3) is 0.190. The van der Waals surface area contributed by atoms with Gasteiger partial charge >= 0.3 is 6.18 Å². The maximum absolute atomic E-state index is 12.7. The third-order valence-electron chi connectivity index (χ3n) is 4.08. The minimum absolute atomic E-state index is 0.0283. The lowest BCUT2D eigenvalue weighted by Crippen LogP contribution is -2.35. The molecule has 9 heteroatoms. The second kappa shape index (κ2) is 9.25. The minimum atomic E-state index is -4.46. The molecule has 3 rings (SSSR count). The Bertz CT molecular complexity index is 1070. The van der Waals surface area contributed by atoms with E-state index in [4.69, 9.17) is 4.74 Å². The number of benzene rings is 2. The van der Waals surface area contributed by atoms with E-state index in [0.717, 1.165) is 22.4 Å². The van der Waals surface area contributed by atoms with E-state index >= 15 is 0 Å². The van der Waals surface area contributed by atoms with Gasteiger partial charge in [0.1, 0.15) is 18.9 Å². The lowest BCUT2D eigenvalue weighted by Gasteiger charge is -2.11. The number of rotatable bonds is 7. The Balaban J connectivity index is 1.53. The van der Waals surface area contributed by atoms with E-state index in [-0.39, 0.29) is 25.4 Å². The van der Waals surface area contributed by atoms with Crippen LogP contribution in [-0.4, -0.2) is 28.8 Å². The first-order chi connectivity index (χ1) is 14.3. The number of carbonyl (C=O) groups is 1. The largest absolute Gasteiger partial charge is 0.492 e. The molecule has 0 bridgehead atoms. The molecule has 0 unspecified atom stereocenters. The molecule has 156 valence electrons. The molecule has 0 spiro atoms. The normalized spacial score (nSPS) is 11.2. The summed E-state index contributed by atoms with van der Waals surface area (Å²) in [5, 5.41) is 6.74. The average molecular weight is 417 g/mol. The molecule has 0 aliphatic heterocycles. The molecular formula is C21H18F3N3O3. The zero-order valence-corrected chi connectivity index (χ0v) is 15.7. The molecule has 1 amide bonds. The lowest BCUT2D eigenvalue weighted by molar-refractivity contribution is -0.137. The molecule has 0 fully saturated rings. The first-order valence-corrected chi connectivity index (χ1v) is 9.03. The van der Waals surface area contributed by atoms with Crippen LogP contribution in [0.3, 0.4) is 0 Å². The summed E-state index contributed by atoms with van der Waals surface area (Å²) in [6.45, 7) is -0.259. The van der Waals surface area contributed by atoms with Gasteiger partial charge in [-0.1, -0.05) is 36.4 Å². The molecule has 6 nitrogen and oxygen atoms in total. The van der Waals surface area contributed by atoms with Gasteiger partial charge < -0.3 is 10.1 Å². The van der Waals surface area contributed by atoms with Gasteiger partial charge in [0.25, 0.3) is 5.56 Å². The maximum atomic E-state index is 12.7. The van der Waals surface area contributed by atoms with Gasteiger partial charge in [0.15, 0.2) is 0 Å². The van der Waals surface area contributed by atoms with Crippen LogP contribution < -0.4 is 15.6 Å². The third-order valence-corrected chi connectivity index (χ3v) is 4.08. The van der Waals surface area contributed by atoms with Gasteiger partial charge in [0.2, 0.25) is 5.91 Å². The zero-order valence-electron chi connectivity index (χ0n) is 15.7. The van der Waals surface area contributed by atoms with Crippen LogP contribution in [0.25, 0.3) is 11.3 Å². The van der Waals surface area contributed by atoms with Gasteiger partial charge in [0, 0.05) is 11.6 Å². The second-order valence-electron chi connectivity index (χ2n) is 6.30. The Kier molecular flexibility index (Phi) is 6.51. The molecule has 3 aromatic rings. The summed E-state index contributed by atoms with van der Waals surface area (Å²) < 4.78 is 44.4. The monoisotopic (exact) mass is 417 g/mol. The number of hydrogen-bond acceptors (Lipinski definition) is 4. The highest BCUT2D eigenvalue weighted by atomic mass is 19.4. The van der Waals surface area contributed by atoms with Crippen molar-refractivity contribution in [3.05, 3.63) is 82.6 Å². The number of ether oxygens (including phenoxy) is 1. The standard InChI is InChI=1S/C21H18F3N3O3/c22-21(23,24)16-7-4-8-17(13-16)30-12-11-25-19(28)14-27-20(29)10-9-18(26-27)15-5-2-1-3-6-15/h1-10,13H,11-12,14H2,(H,25,28). The minimum Gasteiger partial charge on any atom is -0.492 e. The van der Waals surface area contributed by atoms with Gasteiger partial charge in [-0.3, -0.25) is 9.59 Å². The Morgan fingerprint density at radius 3 is 2.53 bits per heavy atom. The topological polar surface area (TPSA) is 73.2 Å². The molecule has 0 saturated heterocycles. The van der Waals surface area contributed by atoms with Crippen molar-refractivity contribution in [3.8, 4) is 17.0 Å². The summed E-state index contributed by atoms with van der Waals surface area (Å²) in [5.41, 5.74) is 0.120. The Morgan fingerprint density at radius 2 is 1.80 bits per heavy atom. The van der Waals surface area contributed by atoms with Crippen molar-refractivity contribution in [2.45, 2.75) is 12.7 Å². The van der Waals surface area contributed by atoms with Crippen LogP contribution in [0.2, 0.25) is 0 Å². The lowest BCUT2D eigenvalue weighted by atomic mass is 10.1. The number of nitrogens with zero attached hydrogens (tertiary/aromatic N) is 2. The van der Waals surface area contributed by atoms with E-state index in [1.807, 2.05) is 30.3 Å². The van der Waals surface area contributed by atoms with Gasteiger partial charge in [-0.25, -0.2) is 4.68 Å². The summed E-state index contributed by atoms with van der Waals surface area (Å²) in [5.74, 6) is -0.421. The first kappa shape index (κ1) is 21.1. The quantitative estimate of drug-likeness (QED) is 0.600. The first-order valence-electron chi connectivity index (χ1n) is 9.03. The van der Waals surface area contributed by atoms with Gasteiger partial charge in [-0.05, 0) is 24.3 Å². The van der Waals surface area contributed by atoms with Crippen molar-refractivity contribution in [1.82, 2.24) is 15.1 Å². The third kappa shape index (κ3) is 5.69. The van der Waals surface area contributed by atoms with Crippen molar-refractivity contribution >= 4 is 5.91 Å². The van der Waals surface area contributed by atoms with E-state index in [0.29, 0.717) is 5.69 Å². The van der Waals surface area contributed by atoms with Crippen molar-refractivity contribution < 1.29 is 22.7 Å². The molecule has 0 atom stereocenters. The number of alkyl halides is 3. The van der Waals surface area contributed by atoms with E-state index in [2.05, 4.69) is 10.4 Å². The molecule has 0 aliphatic rings. The fourth-order valence-electron chi connectivity index (χ4n) is 2.64. The fourth-order valence-corrected chi connectivity index (χ4v) is 2.64. The summed E-state index contributed by atoms with van der Waals surface area (Å²) in [6.07, 6.45) is -4.46. The van der Waals surface area contributed by atoms with Crippen molar-refractivity contribution in [3.63, 3.8) is 0 Å². The number of halogens is 3. The number of aromatic nitrogens is 2. The van der Waals surface area contributed by atoms with Crippen LogP contribution in [0.1, 0.15) is 5.56 Å². The van der Waals surface area contributed by atoms with Gasteiger partial charge in [-0.2, -0.15) is 18.3 Å². The SMILES string of the molecule is O=C(Cn1nc(-c2ccccc2)ccc1=O)NCCOc1cccc(C(F)(F)F)c1. The molecule has 1 N–H and O–H groups in total. The van der Waals surface area contributed by atoms with E-state index in [1.54, 1.807) is 6.07 Å². The number of carbonyl (C=O) groups excluding carboxylic acids is 1. The van der Waals surface area contributed by atoms with Crippen molar-refractivity contribution in [2.24, 2.45) is 0 Å². The molecule has 0 aliphatic carbocycles. The highest BCUT2D eigenvalue weighted by molar-refractivity contribution is 5.75. The molecule has 1 heterocycles. The van der Waals surface area contributed by atoms with Crippen LogP contribution in [0, 0.1) is 0 Å². The molecule has 1 aromatic heterocycles. The Morgan fingerprint density at radius 1 is 1.03 bits per heavy atom. The predicted octanol–water partition coefficient (Wildman–Crippen LogP) is 3.12. The van der Waals surface area contributed by atoms with Gasteiger partial charge in [-0.15, -0.1) is 0 Å².